The minimum absolute atomic E-state index is 0.0399. The monoisotopic (exact) mass is 347 g/mol. The van der Waals surface area contributed by atoms with E-state index in [-0.39, 0.29) is 23.8 Å². The van der Waals surface area contributed by atoms with Crippen molar-refractivity contribution in [3.8, 4) is 0 Å². The SMILES string of the molecule is Cc1noc2nc(C(C)C)cc(C(=O)N(CCCO)CC(C)(C)C)c12. The van der Waals surface area contributed by atoms with E-state index in [2.05, 4.69) is 30.9 Å². The number of aliphatic hydroxyl groups excluding tert-OH is 1. The van der Waals surface area contributed by atoms with Gasteiger partial charge in [-0.25, -0.2) is 4.98 Å². The third kappa shape index (κ3) is 4.57. The summed E-state index contributed by atoms with van der Waals surface area (Å²) in [5.74, 6) is 0.110. The van der Waals surface area contributed by atoms with Crippen LogP contribution in [0.4, 0.5) is 0 Å². The number of aliphatic hydroxyl groups is 1. The topological polar surface area (TPSA) is 79.5 Å². The summed E-state index contributed by atoms with van der Waals surface area (Å²) in [5, 5.41) is 13.9. The van der Waals surface area contributed by atoms with E-state index in [4.69, 9.17) is 4.52 Å². The molecule has 0 radical (unpaired) electrons. The van der Waals surface area contributed by atoms with Crippen molar-refractivity contribution in [3.63, 3.8) is 0 Å². The van der Waals surface area contributed by atoms with Gasteiger partial charge in [-0.1, -0.05) is 39.8 Å². The van der Waals surface area contributed by atoms with Crippen LogP contribution < -0.4 is 0 Å². The van der Waals surface area contributed by atoms with Gasteiger partial charge in [-0.05, 0) is 30.7 Å². The number of hydrogen-bond donors (Lipinski definition) is 1. The molecule has 2 rings (SSSR count). The molecule has 0 aromatic carbocycles. The fourth-order valence-corrected chi connectivity index (χ4v) is 2.84. The first-order valence-electron chi connectivity index (χ1n) is 8.81. The molecule has 0 saturated carbocycles. The number of amides is 1. The lowest BCUT2D eigenvalue weighted by atomic mass is 9.95. The van der Waals surface area contributed by atoms with Crippen LogP contribution in [0.3, 0.4) is 0 Å². The zero-order valence-corrected chi connectivity index (χ0v) is 16.1. The van der Waals surface area contributed by atoms with Crippen molar-refractivity contribution in [3.05, 3.63) is 23.0 Å². The highest BCUT2D eigenvalue weighted by molar-refractivity contribution is 6.06. The second-order valence-corrected chi connectivity index (χ2v) is 8.06. The molecule has 0 saturated heterocycles. The maximum atomic E-state index is 13.3. The first kappa shape index (κ1) is 19.4. The number of carbonyl (C=O) groups is 1. The Kier molecular flexibility index (Phi) is 5.83. The van der Waals surface area contributed by atoms with Crippen LogP contribution in [-0.2, 0) is 0 Å². The van der Waals surface area contributed by atoms with E-state index in [1.54, 1.807) is 0 Å². The van der Waals surface area contributed by atoms with Crippen LogP contribution in [0.1, 0.15) is 68.7 Å². The molecule has 6 nitrogen and oxygen atoms in total. The Hall–Kier alpha value is -1.95. The number of aryl methyl sites for hydroxylation is 1. The average Bonchev–Trinajstić information content (AvgIpc) is 2.90. The van der Waals surface area contributed by atoms with Gasteiger partial charge in [-0.15, -0.1) is 0 Å². The van der Waals surface area contributed by atoms with E-state index in [1.807, 2.05) is 31.7 Å². The Morgan fingerprint density at radius 1 is 1.36 bits per heavy atom. The molecular weight excluding hydrogens is 318 g/mol. The van der Waals surface area contributed by atoms with Crippen molar-refractivity contribution in [1.82, 2.24) is 15.0 Å². The number of aromatic nitrogens is 2. The number of fused-ring (bicyclic) bond motifs is 1. The van der Waals surface area contributed by atoms with E-state index in [0.29, 0.717) is 41.9 Å². The van der Waals surface area contributed by atoms with Gasteiger partial charge in [0.1, 0.15) is 0 Å². The van der Waals surface area contributed by atoms with Crippen molar-refractivity contribution in [1.29, 1.82) is 0 Å². The standard InChI is InChI=1S/C19H29N3O3/c1-12(2)15-10-14(16-13(3)21-25-17(16)20-15)18(24)22(8-7-9-23)11-19(4,5)6/h10,12,23H,7-9,11H2,1-6H3. The molecule has 0 aliphatic heterocycles. The van der Waals surface area contributed by atoms with Gasteiger partial charge in [0.15, 0.2) is 0 Å². The van der Waals surface area contributed by atoms with E-state index in [9.17, 15) is 9.90 Å². The quantitative estimate of drug-likeness (QED) is 0.865. The Bertz CT molecular complexity index is 744. The van der Waals surface area contributed by atoms with Crippen LogP contribution in [0.15, 0.2) is 10.6 Å². The number of nitrogens with zero attached hydrogens (tertiary/aromatic N) is 3. The molecule has 6 heteroatoms. The summed E-state index contributed by atoms with van der Waals surface area (Å²) in [4.78, 5) is 19.6. The molecule has 138 valence electrons. The summed E-state index contributed by atoms with van der Waals surface area (Å²) in [6.07, 6.45) is 0.551. The molecule has 0 aliphatic carbocycles. The molecule has 0 spiro atoms. The second kappa shape index (κ2) is 7.52. The number of rotatable bonds is 6. The van der Waals surface area contributed by atoms with E-state index in [1.165, 1.54) is 0 Å². The van der Waals surface area contributed by atoms with Gasteiger partial charge in [-0.3, -0.25) is 4.79 Å². The van der Waals surface area contributed by atoms with Crippen LogP contribution in [0.25, 0.3) is 11.1 Å². The highest BCUT2D eigenvalue weighted by Crippen LogP contribution is 2.27. The van der Waals surface area contributed by atoms with Crippen LogP contribution in [0, 0.1) is 12.3 Å². The van der Waals surface area contributed by atoms with E-state index >= 15 is 0 Å². The fourth-order valence-electron chi connectivity index (χ4n) is 2.84. The van der Waals surface area contributed by atoms with Gasteiger partial charge in [0.25, 0.3) is 11.6 Å². The highest BCUT2D eigenvalue weighted by Gasteiger charge is 2.26. The molecule has 0 bridgehead atoms. The lowest BCUT2D eigenvalue weighted by Gasteiger charge is -2.30. The predicted octanol–water partition coefficient (Wildman–Crippen LogP) is 3.53. The smallest absolute Gasteiger partial charge is 0.259 e. The van der Waals surface area contributed by atoms with Crippen LogP contribution in [-0.4, -0.2) is 45.8 Å². The zero-order valence-electron chi connectivity index (χ0n) is 16.1. The molecule has 0 fully saturated rings. The summed E-state index contributed by atoms with van der Waals surface area (Å²) in [5.41, 5.74) is 2.42. The maximum absolute atomic E-state index is 13.3. The first-order chi connectivity index (χ1) is 11.6. The summed E-state index contributed by atoms with van der Waals surface area (Å²) in [7, 11) is 0. The normalized spacial score (nSPS) is 12.2. The number of hydrogen-bond acceptors (Lipinski definition) is 5. The predicted molar refractivity (Wildman–Crippen MR) is 97.7 cm³/mol. The van der Waals surface area contributed by atoms with Crippen molar-refractivity contribution in [2.24, 2.45) is 5.41 Å². The lowest BCUT2D eigenvalue weighted by molar-refractivity contribution is 0.0684. The van der Waals surface area contributed by atoms with Gasteiger partial charge in [0.2, 0.25) is 0 Å². The largest absolute Gasteiger partial charge is 0.396 e. The van der Waals surface area contributed by atoms with E-state index in [0.717, 1.165) is 5.69 Å². The molecule has 0 aliphatic rings. The van der Waals surface area contributed by atoms with Gasteiger partial charge in [-0.2, -0.15) is 0 Å². The minimum Gasteiger partial charge on any atom is -0.396 e. The fraction of sp³-hybridized carbons (Fsp3) is 0.632. The molecule has 1 amide bonds. The van der Waals surface area contributed by atoms with Gasteiger partial charge >= 0.3 is 0 Å². The number of pyridine rings is 1. The summed E-state index contributed by atoms with van der Waals surface area (Å²) >= 11 is 0. The molecule has 25 heavy (non-hydrogen) atoms. The molecule has 0 atom stereocenters. The van der Waals surface area contributed by atoms with Crippen molar-refractivity contribution < 1.29 is 14.4 Å². The van der Waals surface area contributed by atoms with Crippen molar-refractivity contribution in [2.45, 2.75) is 53.9 Å². The molecular formula is C19H29N3O3. The Morgan fingerprint density at radius 2 is 2.04 bits per heavy atom. The first-order valence-corrected chi connectivity index (χ1v) is 8.81. The summed E-state index contributed by atoms with van der Waals surface area (Å²) in [6.45, 7) is 13.4. The Balaban J connectivity index is 2.52. The van der Waals surface area contributed by atoms with Crippen molar-refractivity contribution in [2.75, 3.05) is 19.7 Å². The zero-order chi connectivity index (χ0) is 18.8. The van der Waals surface area contributed by atoms with Gasteiger partial charge in [0, 0.05) is 25.4 Å². The Morgan fingerprint density at radius 3 is 2.60 bits per heavy atom. The van der Waals surface area contributed by atoms with Gasteiger partial charge in [0.05, 0.1) is 16.6 Å². The third-order valence-corrected chi connectivity index (χ3v) is 4.00. The van der Waals surface area contributed by atoms with E-state index < -0.39 is 0 Å². The second-order valence-electron chi connectivity index (χ2n) is 8.06. The third-order valence-electron chi connectivity index (χ3n) is 4.00. The molecule has 2 heterocycles. The van der Waals surface area contributed by atoms with Crippen LogP contribution >= 0.6 is 0 Å². The van der Waals surface area contributed by atoms with Crippen molar-refractivity contribution >= 4 is 17.0 Å². The minimum atomic E-state index is -0.0658. The average molecular weight is 347 g/mol. The molecule has 1 N–H and O–H groups in total. The molecule has 2 aromatic rings. The van der Waals surface area contributed by atoms with Crippen LogP contribution in [0.2, 0.25) is 0 Å². The summed E-state index contributed by atoms with van der Waals surface area (Å²) in [6, 6.07) is 1.86. The highest BCUT2D eigenvalue weighted by atomic mass is 16.5. The Labute approximate surface area is 149 Å². The van der Waals surface area contributed by atoms with Crippen LogP contribution in [0.5, 0.6) is 0 Å². The maximum Gasteiger partial charge on any atom is 0.259 e. The van der Waals surface area contributed by atoms with Gasteiger partial charge < -0.3 is 14.5 Å². The summed E-state index contributed by atoms with van der Waals surface area (Å²) < 4.78 is 5.32. The molecule has 0 unspecified atom stereocenters. The lowest BCUT2D eigenvalue weighted by Crippen LogP contribution is -2.39. The number of carbonyl (C=O) groups excluding carboxylic acids is 1. The molecule has 2 aromatic heterocycles.